The van der Waals surface area contributed by atoms with Crippen LogP contribution in [0, 0.1) is 0 Å². The first-order valence-corrected chi connectivity index (χ1v) is 4.40. The fourth-order valence-corrected chi connectivity index (χ4v) is 0.721. The first-order valence-electron chi connectivity index (χ1n) is 2.82. The topological polar surface area (TPSA) is 0 Å². The Hall–Kier alpha value is -0.0900. The lowest BCUT2D eigenvalue weighted by Crippen LogP contribution is -1.65. The van der Waals surface area contributed by atoms with Crippen molar-refractivity contribution in [2.24, 2.45) is 0 Å². The minimum absolute atomic E-state index is 0.912. The van der Waals surface area contributed by atoms with Crippen LogP contribution in [-0.2, 0) is 0 Å². The molecule has 0 aromatic carbocycles. The first-order chi connectivity index (χ1) is 3.81. The molecule has 0 bridgehead atoms. The average molecular weight is 128 g/mol. The molecule has 0 fully saturated rings. The second-order valence-electron chi connectivity index (χ2n) is 1.63. The van der Waals surface area contributed by atoms with Gasteiger partial charge in [-0.3, -0.25) is 0 Å². The van der Waals surface area contributed by atoms with E-state index < -0.39 is 0 Å². The maximum atomic E-state index is 3.83. The molecule has 0 spiro atoms. The van der Waals surface area contributed by atoms with Gasteiger partial charge in [0.15, 0.2) is 0 Å². The van der Waals surface area contributed by atoms with Gasteiger partial charge in [-0.15, -0.1) is 8.58 Å². The van der Waals surface area contributed by atoms with Crippen LogP contribution >= 0.6 is 8.58 Å². The molecule has 8 heavy (non-hydrogen) atoms. The molecule has 0 amide bonds. The van der Waals surface area contributed by atoms with E-state index in [-0.39, 0.29) is 0 Å². The number of allylic oxidation sites excluding steroid dienone is 2. The van der Waals surface area contributed by atoms with Gasteiger partial charge in [0.2, 0.25) is 0 Å². The molecule has 0 aliphatic rings. The lowest BCUT2D eigenvalue weighted by Gasteiger charge is -1.87. The Labute approximate surface area is 53.5 Å². The largest absolute Gasteiger partial charge is 0.102 e. The SMILES string of the molecule is C=C(C=CPC)CC. The molecule has 0 saturated carbocycles. The van der Waals surface area contributed by atoms with Crippen LogP contribution in [0.15, 0.2) is 24.0 Å². The third kappa shape index (κ3) is 4.08. The highest BCUT2D eigenvalue weighted by Gasteiger charge is 1.76. The van der Waals surface area contributed by atoms with E-state index >= 15 is 0 Å². The smallest absolute Gasteiger partial charge is 0.0313 e. The van der Waals surface area contributed by atoms with E-state index in [1.54, 1.807) is 0 Å². The highest BCUT2D eigenvalue weighted by molar-refractivity contribution is 7.40. The minimum atomic E-state index is 0.912. The minimum Gasteiger partial charge on any atom is -0.102 e. The van der Waals surface area contributed by atoms with Gasteiger partial charge in [-0.05, 0) is 13.1 Å². The third-order valence-electron chi connectivity index (χ3n) is 0.940. The third-order valence-corrected chi connectivity index (χ3v) is 1.44. The van der Waals surface area contributed by atoms with E-state index in [1.807, 2.05) is 0 Å². The van der Waals surface area contributed by atoms with Gasteiger partial charge in [-0.1, -0.05) is 31.0 Å². The summed E-state index contributed by atoms with van der Waals surface area (Å²) in [5, 5.41) is 0. The fraction of sp³-hybridized carbons (Fsp3) is 0.429. The van der Waals surface area contributed by atoms with E-state index in [4.69, 9.17) is 0 Å². The number of rotatable bonds is 3. The van der Waals surface area contributed by atoms with E-state index in [2.05, 4.69) is 32.1 Å². The molecule has 1 atom stereocenters. The van der Waals surface area contributed by atoms with Crippen LogP contribution in [-0.4, -0.2) is 6.66 Å². The average Bonchev–Trinajstić information content (AvgIpc) is 1.83. The molecule has 0 radical (unpaired) electrons. The van der Waals surface area contributed by atoms with Gasteiger partial charge in [0.25, 0.3) is 0 Å². The molecule has 0 N–H and O–H groups in total. The van der Waals surface area contributed by atoms with Crippen LogP contribution in [0.3, 0.4) is 0 Å². The summed E-state index contributed by atoms with van der Waals surface area (Å²) in [5.41, 5.74) is 1.22. The molecule has 0 aliphatic heterocycles. The Morgan fingerprint density at radius 1 is 1.75 bits per heavy atom. The lowest BCUT2D eigenvalue weighted by molar-refractivity contribution is 1.16. The van der Waals surface area contributed by atoms with E-state index in [0.29, 0.717) is 0 Å². The van der Waals surface area contributed by atoms with Crippen LogP contribution in [0.25, 0.3) is 0 Å². The van der Waals surface area contributed by atoms with Crippen molar-refractivity contribution in [2.75, 3.05) is 6.66 Å². The predicted octanol–water partition coefficient (Wildman–Crippen LogP) is 2.77. The predicted molar refractivity (Wildman–Crippen MR) is 42.8 cm³/mol. The number of hydrogen-bond acceptors (Lipinski definition) is 0. The first kappa shape index (κ1) is 7.91. The highest BCUT2D eigenvalue weighted by atomic mass is 31.1. The number of hydrogen-bond donors (Lipinski definition) is 0. The summed E-state index contributed by atoms with van der Waals surface area (Å²) in [4.78, 5) is 0. The summed E-state index contributed by atoms with van der Waals surface area (Å²) in [7, 11) is 0.912. The zero-order valence-electron chi connectivity index (χ0n) is 5.57. The van der Waals surface area contributed by atoms with Crippen LogP contribution < -0.4 is 0 Å². The Balaban J connectivity index is 3.37. The Kier molecular flexibility index (Phi) is 5.00. The van der Waals surface area contributed by atoms with Crippen molar-refractivity contribution in [1.29, 1.82) is 0 Å². The van der Waals surface area contributed by atoms with Gasteiger partial charge in [0.05, 0.1) is 0 Å². The zero-order chi connectivity index (χ0) is 6.41. The van der Waals surface area contributed by atoms with E-state index in [1.165, 1.54) is 5.57 Å². The van der Waals surface area contributed by atoms with Gasteiger partial charge >= 0.3 is 0 Å². The lowest BCUT2D eigenvalue weighted by atomic mass is 10.2. The Bertz CT molecular complexity index is 92.6. The van der Waals surface area contributed by atoms with Crippen LogP contribution in [0.2, 0.25) is 0 Å². The van der Waals surface area contributed by atoms with Gasteiger partial charge in [-0.2, -0.15) is 0 Å². The second kappa shape index (κ2) is 5.05. The quantitative estimate of drug-likeness (QED) is 0.405. The molecule has 1 unspecified atom stereocenters. The van der Waals surface area contributed by atoms with Crippen LogP contribution in [0.1, 0.15) is 13.3 Å². The van der Waals surface area contributed by atoms with Crippen molar-refractivity contribution in [3.63, 3.8) is 0 Å². The van der Waals surface area contributed by atoms with Gasteiger partial charge < -0.3 is 0 Å². The molecule has 0 aromatic heterocycles. The summed E-state index contributed by atoms with van der Waals surface area (Å²) in [6.45, 7) is 8.10. The molecular weight excluding hydrogens is 115 g/mol. The zero-order valence-corrected chi connectivity index (χ0v) is 6.57. The molecule has 0 saturated heterocycles. The molecule has 46 valence electrons. The van der Waals surface area contributed by atoms with Gasteiger partial charge in [-0.25, -0.2) is 0 Å². The van der Waals surface area contributed by atoms with Crippen molar-refractivity contribution >= 4 is 8.58 Å². The molecule has 0 heterocycles. The Morgan fingerprint density at radius 3 is 2.75 bits per heavy atom. The van der Waals surface area contributed by atoms with Crippen molar-refractivity contribution in [2.45, 2.75) is 13.3 Å². The molecule has 0 aromatic rings. The van der Waals surface area contributed by atoms with Crippen LogP contribution in [0.4, 0.5) is 0 Å². The van der Waals surface area contributed by atoms with E-state index in [0.717, 1.165) is 15.0 Å². The molecule has 0 rings (SSSR count). The molecule has 0 nitrogen and oxygen atoms in total. The van der Waals surface area contributed by atoms with E-state index in [9.17, 15) is 0 Å². The van der Waals surface area contributed by atoms with Crippen molar-refractivity contribution < 1.29 is 0 Å². The molecule has 1 heteroatoms. The maximum absolute atomic E-state index is 3.83. The summed E-state index contributed by atoms with van der Waals surface area (Å²) in [6.07, 6.45) is 3.17. The molecule has 0 aliphatic carbocycles. The van der Waals surface area contributed by atoms with Crippen LogP contribution in [0.5, 0.6) is 0 Å². The summed E-state index contributed by atoms with van der Waals surface area (Å²) < 4.78 is 0. The second-order valence-corrected chi connectivity index (χ2v) is 2.54. The normalized spacial score (nSPS) is 11.8. The van der Waals surface area contributed by atoms with Crippen molar-refractivity contribution in [3.05, 3.63) is 24.0 Å². The summed E-state index contributed by atoms with van der Waals surface area (Å²) >= 11 is 0. The monoisotopic (exact) mass is 128 g/mol. The van der Waals surface area contributed by atoms with Crippen molar-refractivity contribution in [1.82, 2.24) is 0 Å². The molecular formula is C7H13P. The Morgan fingerprint density at radius 2 is 2.38 bits per heavy atom. The van der Waals surface area contributed by atoms with Gasteiger partial charge in [0, 0.05) is 0 Å². The fourth-order valence-electron chi connectivity index (χ4n) is 0.319. The summed E-state index contributed by atoms with van der Waals surface area (Å²) in [5.74, 6) is 2.16. The summed E-state index contributed by atoms with van der Waals surface area (Å²) in [6, 6.07) is 0. The maximum Gasteiger partial charge on any atom is -0.0313 e. The standard InChI is InChI=1S/C7H13P/c1-4-7(2)5-6-8-3/h5-6,8H,2,4H2,1,3H3. The van der Waals surface area contributed by atoms with Crippen molar-refractivity contribution in [3.8, 4) is 0 Å². The highest BCUT2D eigenvalue weighted by Crippen LogP contribution is 2.07. The van der Waals surface area contributed by atoms with Gasteiger partial charge in [0.1, 0.15) is 0 Å².